The van der Waals surface area contributed by atoms with E-state index in [2.05, 4.69) is 15.6 Å². The molecule has 1 aromatic heterocycles. The molecule has 7 nitrogen and oxygen atoms in total. The Morgan fingerprint density at radius 1 is 1.12 bits per heavy atom. The smallest absolute Gasteiger partial charge is 0.278 e. The lowest BCUT2D eigenvalue weighted by molar-refractivity contribution is -0.119. The second kappa shape index (κ2) is 6.64. The van der Waals surface area contributed by atoms with Gasteiger partial charge in [0.15, 0.2) is 5.78 Å². The second-order valence-corrected chi connectivity index (χ2v) is 5.66. The third-order valence-electron chi connectivity index (χ3n) is 3.87. The molecule has 0 radical (unpaired) electrons. The maximum absolute atomic E-state index is 12.5. The summed E-state index contributed by atoms with van der Waals surface area (Å²) < 4.78 is 1.05. The molecule has 3 aromatic rings. The lowest BCUT2D eigenvalue weighted by Gasteiger charge is -2.14. The summed E-state index contributed by atoms with van der Waals surface area (Å²) in [7, 11) is 0. The van der Waals surface area contributed by atoms with Gasteiger partial charge >= 0.3 is 0 Å². The molecule has 3 rings (SSSR count). The zero-order valence-corrected chi connectivity index (χ0v) is 13.8. The first-order chi connectivity index (χ1) is 12.0. The van der Waals surface area contributed by atoms with Crippen molar-refractivity contribution >= 4 is 28.3 Å². The Bertz CT molecular complexity index is 1030. The number of aromatic nitrogens is 3. The first kappa shape index (κ1) is 16.5. The molecule has 0 saturated carbocycles. The SMILES string of the molecule is CC(=O)c1cccc(NC(=O)C(C)n2nnc3ccccc3c2=O)c1. The van der Waals surface area contributed by atoms with Crippen LogP contribution in [0, 0.1) is 0 Å². The van der Waals surface area contributed by atoms with Gasteiger partial charge in [-0.15, -0.1) is 5.10 Å². The molecular formula is C18H16N4O3. The number of nitrogens with one attached hydrogen (secondary N) is 1. The Morgan fingerprint density at radius 2 is 1.88 bits per heavy atom. The molecule has 1 heterocycles. The van der Waals surface area contributed by atoms with Gasteiger partial charge in [-0.25, -0.2) is 0 Å². The minimum atomic E-state index is -0.856. The summed E-state index contributed by atoms with van der Waals surface area (Å²) in [6.45, 7) is 3.02. The highest BCUT2D eigenvalue weighted by Crippen LogP contribution is 2.14. The van der Waals surface area contributed by atoms with E-state index in [0.29, 0.717) is 22.2 Å². The molecule has 0 fully saturated rings. The molecular weight excluding hydrogens is 320 g/mol. The van der Waals surface area contributed by atoms with Crippen LogP contribution in [0.2, 0.25) is 0 Å². The summed E-state index contributed by atoms with van der Waals surface area (Å²) >= 11 is 0. The Hall–Kier alpha value is -3.35. The Morgan fingerprint density at radius 3 is 2.64 bits per heavy atom. The predicted octanol–water partition coefficient (Wildman–Crippen LogP) is 2.19. The molecule has 1 N–H and O–H groups in total. The predicted molar refractivity (Wildman–Crippen MR) is 93.6 cm³/mol. The molecule has 0 bridgehead atoms. The van der Waals surface area contributed by atoms with Crippen molar-refractivity contribution in [2.45, 2.75) is 19.9 Å². The van der Waals surface area contributed by atoms with E-state index in [4.69, 9.17) is 0 Å². The van der Waals surface area contributed by atoms with Gasteiger partial charge in [-0.2, -0.15) is 4.68 Å². The van der Waals surface area contributed by atoms with Gasteiger partial charge in [-0.3, -0.25) is 14.4 Å². The Balaban J connectivity index is 1.88. The molecule has 0 spiro atoms. The minimum absolute atomic E-state index is 0.0965. The van der Waals surface area contributed by atoms with Crippen LogP contribution in [-0.2, 0) is 4.79 Å². The van der Waals surface area contributed by atoms with E-state index in [9.17, 15) is 14.4 Å². The number of anilines is 1. The molecule has 1 atom stereocenters. The molecule has 0 aliphatic carbocycles. The van der Waals surface area contributed by atoms with Gasteiger partial charge < -0.3 is 5.32 Å². The number of carbonyl (C=O) groups excluding carboxylic acids is 2. The van der Waals surface area contributed by atoms with Crippen molar-refractivity contribution in [1.29, 1.82) is 0 Å². The number of Topliss-reactive ketones (excluding diaryl/α,β-unsaturated/α-hetero) is 1. The van der Waals surface area contributed by atoms with Gasteiger partial charge in [-0.05, 0) is 38.1 Å². The molecule has 1 amide bonds. The van der Waals surface area contributed by atoms with Crippen molar-refractivity contribution in [2.24, 2.45) is 0 Å². The average Bonchev–Trinajstić information content (AvgIpc) is 2.62. The summed E-state index contributed by atoms with van der Waals surface area (Å²) in [4.78, 5) is 36.4. The zero-order chi connectivity index (χ0) is 18.0. The Kier molecular flexibility index (Phi) is 4.38. The Labute approximate surface area is 143 Å². The van der Waals surface area contributed by atoms with Gasteiger partial charge in [0.2, 0.25) is 5.91 Å². The van der Waals surface area contributed by atoms with Crippen LogP contribution in [0.25, 0.3) is 10.9 Å². The third-order valence-corrected chi connectivity index (χ3v) is 3.87. The average molecular weight is 336 g/mol. The van der Waals surface area contributed by atoms with Crippen LogP contribution in [0.5, 0.6) is 0 Å². The van der Waals surface area contributed by atoms with Crippen molar-refractivity contribution in [1.82, 2.24) is 15.0 Å². The molecule has 126 valence electrons. The van der Waals surface area contributed by atoms with Crippen LogP contribution < -0.4 is 10.9 Å². The van der Waals surface area contributed by atoms with E-state index in [1.807, 2.05) is 0 Å². The highest BCUT2D eigenvalue weighted by molar-refractivity contribution is 5.97. The second-order valence-electron chi connectivity index (χ2n) is 5.66. The largest absolute Gasteiger partial charge is 0.324 e. The van der Waals surface area contributed by atoms with Crippen LogP contribution in [0.4, 0.5) is 5.69 Å². The number of fused-ring (bicyclic) bond motifs is 1. The molecule has 2 aromatic carbocycles. The number of nitrogens with zero attached hydrogens (tertiary/aromatic N) is 3. The quantitative estimate of drug-likeness (QED) is 0.737. The maximum atomic E-state index is 12.5. The normalized spacial score (nSPS) is 11.9. The number of hydrogen-bond acceptors (Lipinski definition) is 5. The molecule has 0 aliphatic rings. The molecule has 0 aliphatic heterocycles. The number of carbonyl (C=O) groups is 2. The van der Waals surface area contributed by atoms with Crippen LogP contribution in [-0.4, -0.2) is 26.7 Å². The number of rotatable bonds is 4. The molecule has 0 saturated heterocycles. The van der Waals surface area contributed by atoms with Gasteiger partial charge in [0.05, 0.1) is 5.39 Å². The monoisotopic (exact) mass is 336 g/mol. The summed E-state index contributed by atoms with van der Waals surface area (Å²) in [5.41, 5.74) is 1.07. The summed E-state index contributed by atoms with van der Waals surface area (Å²) in [5, 5.41) is 10.9. The summed E-state index contributed by atoms with van der Waals surface area (Å²) in [6, 6.07) is 12.6. The first-order valence-corrected chi connectivity index (χ1v) is 7.73. The van der Waals surface area contributed by atoms with E-state index >= 15 is 0 Å². The highest BCUT2D eigenvalue weighted by Gasteiger charge is 2.19. The number of amides is 1. The summed E-state index contributed by atoms with van der Waals surface area (Å²) in [6.07, 6.45) is 0. The van der Waals surface area contributed by atoms with E-state index in [1.165, 1.54) is 6.92 Å². The standard InChI is InChI=1S/C18H16N4O3/c1-11(17(24)19-14-7-5-6-13(10-14)12(2)23)22-18(25)15-8-3-4-9-16(15)20-21-22/h3-11H,1-2H3,(H,19,24). The van der Waals surface area contributed by atoms with E-state index < -0.39 is 11.9 Å². The van der Waals surface area contributed by atoms with Gasteiger partial charge in [0.25, 0.3) is 5.56 Å². The van der Waals surface area contributed by atoms with Crippen LogP contribution in [0.15, 0.2) is 53.3 Å². The lowest BCUT2D eigenvalue weighted by atomic mass is 10.1. The highest BCUT2D eigenvalue weighted by atomic mass is 16.2. The number of ketones is 1. The van der Waals surface area contributed by atoms with E-state index in [0.717, 1.165) is 4.68 Å². The van der Waals surface area contributed by atoms with Crippen LogP contribution in [0.1, 0.15) is 30.2 Å². The van der Waals surface area contributed by atoms with Gasteiger partial charge in [0.1, 0.15) is 11.6 Å². The van der Waals surface area contributed by atoms with Gasteiger partial charge in [0, 0.05) is 11.3 Å². The van der Waals surface area contributed by atoms with Crippen LogP contribution >= 0.6 is 0 Å². The van der Waals surface area contributed by atoms with Crippen molar-refractivity contribution in [3.05, 3.63) is 64.4 Å². The van der Waals surface area contributed by atoms with Crippen molar-refractivity contribution < 1.29 is 9.59 Å². The topological polar surface area (TPSA) is 93.9 Å². The molecule has 1 unspecified atom stereocenters. The van der Waals surface area contributed by atoms with Crippen molar-refractivity contribution in [2.75, 3.05) is 5.32 Å². The van der Waals surface area contributed by atoms with Crippen LogP contribution in [0.3, 0.4) is 0 Å². The van der Waals surface area contributed by atoms with E-state index in [-0.39, 0.29) is 11.3 Å². The fourth-order valence-corrected chi connectivity index (χ4v) is 2.43. The third kappa shape index (κ3) is 3.30. The summed E-state index contributed by atoms with van der Waals surface area (Å²) in [5.74, 6) is -0.520. The molecule has 25 heavy (non-hydrogen) atoms. The van der Waals surface area contributed by atoms with E-state index in [1.54, 1.807) is 55.5 Å². The first-order valence-electron chi connectivity index (χ1n) is 7.73. The van der Waals surface area contributed by atoms with Gasteiger partial charge in [-0.1, -0.05) is 29.5 Å². The maximum Gasteiger partial charge on any atom is 0.278 e. The molecule has 7 heteroatoms. The number of hydrogen-bond donors (Lipinski definition) is 1. The van der Waals surface area contributed by atoms with Crippen molar-refractivity contribution in [3.63, 3.8) is 0 Å². The fraction of sp³-hybridized carbons (Fsp3) is 0.167. The number of benzene rings is 2. The van der Waals surface area contributed by atoms with Crippen molar-refractivity contribution in [3.8, 4) is 0 Å². The lowest BCUT2D eigenvalue weighted by Crippen LogP contribution is -2.34. The fourth-order valence-electron chi connectivity index (χ4n) is 2.43. The zero-order valence-electron chi connectivity index (χ0n) is 13.8. The minimum Gasteiger partial charge on any atom is -0.324 e.